The van der Waals surface area contributed by atoms with Gasteiger partial charge in [-0.25, -0.2) is 0 Å². The highest BCUT2D eigenvalue weighted by Gasteiger charge is 2.14. The van der Waals surface area contributed by atoms with Crippen molar-refractivity contribution < 1.29 is 14.7 Å². The Hall–Kier alpha value is -1.06. The molecule has 0 radical (unpaired) electrons. The van der Waals surface area contributed by atoms with Crippen LogP contribution in [0.15, 0.2) is 0 Å². The Morgan fingerprint density at radius 1 is 1.31 bits per heavy atom. The third-order valence-electron chi connectivity index (χ3n) is 2.27. The molecule has 94 valence electrons. The van der Waals surface area contributed by atoms with Crippen LogP contribution in [-0.2, 0) is 9.59 Å². The second kappa shape index (κ2) is 6.51. The molecular weight excluding hydrogens is 206 g/mol. The molecule has 16 heavy (non-hydrogen) atoms. The second-order valence-electron chi connectivity index (χ2n) is 5.57. The summed E-state index contributed by atoms with van der Waals surface area (Å²) in [5.41, 5.74) is 0.157. The van der Waals surface area contributed by atoms with E-state index in [4.69, 9.17) is 5.11 Å². The van der Waals surface area contributed by atoms with E-state index in [2.05, 4.69) is 26.1 Å². The topological polar surface area (TPSA) is 66.4 Å². The molecule has 0 heterocycles. The summed E-state index contributed by atoms with van der Waals surface area (Å²) in [5, 5.41) is 11.3. The van der Waals surface area contributed by atoms with Gasteiger partial charge in [0.1, 0.15) is 0 Å². The predicted molar refractivity (Wildman–Crippen MR) is 63.1 cm³/mol. The first-order valence-corrected chi connectivity index (χ1v) is 5.69. The number of carboxylic acid groups (broad SMARTS) is 1. The van der Waals surface area contributed by atoms with Gasteiger partial charge in [0.25, 0.3) is 0 Å². The molecule has 2 N–H and O–H groups in total. The lowest BCUT2D eigenvalue weighted by atomic mass is 9.90. The molecule has 1 atom stereocenters. The average molecular weight is 229 g/mol. The molecule has 4 nitrogen and oxygen atoms in total. The third-order valence-corrected chi connectivity index (χ3v) is 2.27. The first kappa shape index (κ1) is 14.9. The van der Waals surface area contributed by atoms with Crippen LogP contribution in [0, 0.1) is 11.3 Å². The van der Waals surface area contributed by atoms with Crippen molar-refractivity contribution in [2.45, 2.75) is 47.0 Å². The summed E-state index contributed by atoms with van der Waals surface area (Å²) in [5.74, 6) is -0.834. The molecule has 4 heteroatoms. The highest BCUT2D eigenvalue weighted by atomic mass is 16.4. The van der Waals surface area contributed by atoms with Crippen LogP contribution in [-0.4, -0.2) is 23.5 Å². The lowest BCUT2D eigenvalue weighted by molar-refractivity contribution is -0.138. The van der Waals surface area contributed by atoms with Gasteiger partial charge in [-0.05, 0) is 17.8 Å². The zero-order chi connectivity index (χ0) is 12.8. The molecule has 0 spiro atoms. The van der Waals surface area contributed by atoms with Crippen molar-refractivity contribution in [3.8, 4) is 0 Å². The summed E-state index contributed by atoms with van der Waals surface area (Å²) < 4.78 is 0. The molecule has 0 rings (SSSR count). The van der Waals surface area contributed by atoms with Crippen LogP contribution in [0.5, 0.6) is 0 Å². The number of carbonyl (C=O) groups excluding carboxylic acids is 1. The zero-order valence-corrected chi connectivity index (χ0v) is 10.7. The predicted octanol–water partition coefficient (Wildman–Crippen LogP) is 2.04. The standard InChI is InChI=1S/C12H23NO3/c1-9(7-11(15)16)8-13-10(14)5-6-12(2,3)4/h9H,5-8H2,1-4H3,(H,13,14)(H,15,16). The second-order valence-corrected chi connectivity index (χ2v) is 5.57. The molecule has 0 aromatic heterocycles. The maximum Gasteiger partial charge on any atom is 0.303 e. The van der Waals surface area contributed by atoms with E-state index in [1.807, 2.05) is 6.92 Å². The molecule has 0 aliphatic rings. The summed E-state index contributed by atoms with van der Waals surface area (Å²) in [6, 6.07) is 0. The number of amides is 1. The van der Waals surface area contributed by atoms with Crippen molar-refractivity contribution in [2.24, 2.45) is 11.3 Å². The summed E-state index contributed by atoms with van der Waals surface area (Å²) in [7, 11) is 0. The maximum absolute atomic E-state index is 11.4. The van der Waals surface area contributed by atoms with Gasteiger partial charge >= 0.3 is 5.97 Å². The monoisotopic (exact) mass is 229 g/mol. The Labute approximate surface area is 97.4 Å². The van der Waals surface area contributed by atoms with E-state index in [1.54, 1.807) is 0 Å². The summed E-state index contributed by atoms with van der Waals surface area (Å²) in [4.78, 5) is 21.8. The van der Waals surface area contributed by atoms with E-state index < -0.39 is 5.97 Å². The Kier molecular flexibility index (Phi) is 6.08. The van der Waals surface area contributed by atoms with Crippen LogP contribution in [0.1, 0.15) is 47.0 Å². The molecule has 1 unspecified atom stereocenters. The van der Waals surface area contributed by atoms with Gasteiger partial charge in [0.2, 0.25) is 5.91 Å². The van der Waals surface area contributed by atoms with Crippen molar-refractivity contribution >= 4 is 11.9 Å². The van der Waals surface area contributed by atoms with E-state index in [1.165, 1.54) is 0 Å². The van der Waals surface area contributed by atoms with E-state index in [9.17, 15) is 9.59 Å². The van der Waals surface area contributed by atoms with Gasteiger partial charge in [-0.3, -0.25) is 9.59 Å². The van der Waals surface area contributed by atoms with Crippen molar-refractivity contribution in [3.05, 3.63) is 0 Å². The quantitative estimate of drug-likeness (QED) is 0.732. The van der Waals surface area contributed by atoms with E-state index in [-0.39, 0.29) is 23.7 Å². The van der Waals surface area contributed by atoms with Crippen LogP contribution >= 0.6 is 0 Å². The van der Waals surface area contributed by atoms with Gasteiger partial charge in [0, 0.05) is 19.4 Å². The molecular formula is C12H23NO3. The molecule has 0 fully saturated rings. The minimum Gasteiger partial charge on any atom is -0.481 e. The van der Waals surface area contributed by atoms with Crippen molar-refractivity contribution in [1.29, 1.82) is 0 Å². The highest BCUT2D eigenvalue weighted by Crippen LogP contribution is 2.20. The van der Waals surface area contributed by atoms with Crippen LogP contribution in [0.4, 0.5) is 0 Å². The Bertz CT molecular complexity index is 243. The van der Waals surface area contributed by atoms with Crippen LogP contribution in [0.25, 0.3) is 0 Å². The fourth-order valence-electron chi connectivity index (χ4n) is 1.24. The minimum absolute atomic E-state index is 0.00663. The fourth-order valence-corrected chi connectivity index (χ4v) is 1.24. The largest absolute Gasteiger partial charge is 0.481 e. The normalized spacial score (nSPS) is 13.2. The van der Waals surface area contributed by atoms with Crippen LogP contribution < -0.4 is 5.32 Å². The Morgan fingerprint density at radius 2 is 1.88 bits per heavy atom. The van der Waals surface area contributed by atoms with Crippen molar-refractivity contribution in [2.75, 3.05) is 6.54 Å². The summed E-state index contributed by atoms with van der Waals surface area (Å²) in [6.07, 6.45) is 1.44. The van der Waals surface area contributed by atoms with Gasteiger partial charge in [0.05, 0.1) is 0 Å². The smallest absolute Gasteiger partial charge is 0.303 e. The zero-order valence-electron chi connectivity index (χ0n) is 10.7. The number of aliphatic carboxylic acids is 1. The van der Waals surface area contributed by atoms with Crippen LogP contribution in [0.2, 0.25) is 0 Å². The van der Waals surface area contributed by atoms with E-state index in [0.717, 1.165) is 6.42 Å². The van der Waals surface area contributed by atoms with Gasteiger partial charge in [-0.15, -0.1) is 0 Å². The minimum atomic E-state index is -0.823. The molecule has 0 saturated carbocycles. The fraction of sp³-hybridized carbons (Fsp3) is 0.833. The Balaban J connectivity index is 3.69. The first-order chi connectivity index (χ1) is 7.20. The molecule has 0 aliphatic heterocycles. The van der Waals surface area contributed by atoms with Crippen LogP contribution in [0.3, 0.4) is 0 Å². The molecule has 0 aliphatic carbocycles. The van der Waals surface area contributed by atoms with Crippen molar-refractivity contribution in [1.82, 2.24) is 5.32 Å². The molecule has 0 bridgehead atoms. The highest BCUT2D eigenvalue weighted by molar-refractivity contribution is 5.76. The number of hydrogen-bond acceptors (Lipinski definition) is 2. The van der Waals surface area contributed by atoms with Gasteiger partial charge in [0.15, 0.2) is 0 Å². The SMILES string of the molecule is CC(CNC(=O)CCC(C)(C)C)CC(=O)O. The maximum atomic E-state index is 11.4. The van der Waals surface area contributed by atoms with E-state index >= 15 is 0 Å². The molecule has 0 aromatic carbocycles. The van der Waals surface area contributed by atoms with Crippen molar-refractivity contribution in [3.63, 3.8) is 0 Å². The first-order valence-electron chi connectivity index (χ1n) is 5.69. The number of rotatable bonds is 6. The number of carbonyl (C=O) groups is 2. The lowest BCUT2D eigenvalue weighted by Gasteiger charge is -2.17. The van der Waals surface area contributed by atoms with Gasteiger partial charge in [-0.2, -0.15) is 0 Å². The molecule has 1 amide bonds. The number of carboxylic acids is 1. The Morgan fingerprint density at radius 3 is 2.31 bits per heavy atom. The van der Waals surface area contributed by atoms with Gasteiger partial charge < -0.3 is 10.4 Å². The molecule has 0 saturated heterocycles. The number of hydrogen-bond donors (Lipinski definition) is 2. The third kappa shape index (κ3) is 9.49. The summed E-state index contributed by atoms with van der Waals surface area (Å²) in [6.45, 7) is 8.53. The van der Waals surface area contributed by atoms with Gasteiger partial charge in [-0.1, -0.05) is 27.7 Å². The summed E-state index contributed by atoms with van der Waals surface area (Å²) >= 11 is 0. The molecule has 0 aromatic rings. The van der Waals surface area contributed by atoms with E-state index in [0.29, 0.717) is 13.0 Å². The lowest BCUT2D eigenvalue weighted by Crippen LogP contribution is -2.29. The number of nitrogens with one attached hydrogen (secondary N) is 1. The average Bonchev–Trinajstić information content (AvgIpc) is 2.09.